The van der Waals surface area contributed by atoms with Crippen LogP contribution in [-0.2, 0) is 11.5 Å². The Kier molecular flexibility index (Phi) is 8.50. The molecule has 1 N–H and O–H groups in total. The minimum absolute atomic E-state index is 0.190. The van der Waals surface area contributed by atoms with Crippen molar-refractivity contribution in [1.29, 1.82) is 0 Å². The maximum Gasteiger partial charge on any atom is 0.407 e. The van der Waals surface area contributed by atoms with Gasteiger partial charge in [0.2, 0.25) is 0 Å². The summed E-state index contributed by atoms with van der Waals surface area (Å²) in [5, 5.41) is 13.8. The minimum atomic E-state index is -1.37. The summed E-state index contributed by atoms with van der Waals surface area (Å²) in [5.41, 5.74) is 3.95. The van der Waals surface area contributed by atoms with Crippen LogP contribution >= 0.6 is 11.6 Å². The van der Waals surface area contributed by atoms with Gasteiger partial charge >= 0.3 is 6.09 Å². The lowest BCUT2D eigenvalue weighted by Crippen LogP contribution is -2.45. The highest BCUT2D eigenvalue weighted by atomic mass is 35.5. The SMILES string of the molecule is Cc1nc2ccc(Oc3ccc4ncc(-c5cnn([C@H]6CCN(C(=O)O)C[C@@H]6F)c5)nc4c3Cl)cc2n1COCC[Si](C)(C)C. The first-order chi connectivity index (χ1) is 21.5. The number of alkyl halides is 1. The van der Waals surface area contributed by atoms with Crippen LogP contribution in [0.4, 0.5) is 9.18 Å². The number of nitrogens with zero attached hydrogens (tertiary/aromatic N) is 7. The zero-order valence-electron chi connectivity index (χ0n) is 25.6. The van der Waals surface area contributed by atoms with E-state index in [0.29, 0.717) is 58.6 Å². The van der Waals surface area contributed by atoms with E-state index in [1.165, 1.54) is 4.68 Å². The quantitative estimate of drug-likeness (QED) is 0.132. The third-order valence-corrected chi connectivity index (χ3v) is 10.1. The maximum atomic E-state index is 14.8. The van der Waals surface area contributed by atoms with Gasteiger partial charge in [-0.2, -0.15) is 5.10 Å². The van der Waals surface area contributed by atoms with Crippen LogP contribution in [0.5, 0.6) is 11.5 Å². The van der Waals surface area contributed by atoms with Gasteiger partial charge in [0.25, 0.3) is 0 Å². The molecule has 4 heterocycles. The van der Waals surface area contributed by atoms with Crippen LogP contribution in [0.25, 0.3) is 33.3 Å². The van der Waals surface area contributed by atoms with Gasteiger partial charge in [-0.05, 0) is 43.7 Å². The number of likely N-dealkylation sites (tertiary alicyclic amines) is 1. The van der Waals surface area contributed by atoms with E-state index in [-0.39, 0.29) is 13.1 Å². The maximum absolute atomic E-state index is 14.8. The molecule has 0 saturated carbocycles. The average molecular weight is 652 g/mol. The molecule has 6 rings (SSSR count). The van der Waals surface area contributed by atoms with Crippen LogP contribution in [0.1, 0.15) is 18.3 Å². The van der Waals surface area contributed by atoms with E-state index in [2.05, 4.69) is 34.7 Å². The van der Waals surface area contributed by atoms with Crippen molar-refractivity contribution in [2.75, 3.05) is 19.7 Å². The number of amides is 1. The molecular weight excluding hydrogens is 617 g/mol. The number of carbonyl (C=O) groups is 1. The third kappa shape index (κ3) is 6.65. The molecule has 11 nitrogen and oxygen atoms in total. The van der Waals surface area contributed by atoms with Crippen molar-refractivity contribution >= 4 is 47.8 Å². The van der Waals surface area contributed by atoms with E-state index in [1.807, 2.05) is 29.7 Å². The van der Waals surface area contributed by atoms with Gasteiger partial charge in [-0.25, -0.2) is 19.2 Å². The van der Waals surface area contributed by atoms with Crippen LogP contribution in [-0.4, -0.2) is 79.3 Å². The Bertz CT molecular complexity index is 1870. The summed E-state index contributed by atoms with van der Waals surface area (Å²) in [6, 6.07) is 9.75. The molecule has 2 atom stereocenters. The first-order valence-electron chi connectivity index (χ1n) is 14.8. The van der Waals surface area contributed by atoms with E-state index in [1.54, 1.807) is 30.7 Å². The van der Waals surface area contributed by atoms with Crippen LogP contribution < -0.4 is 4.74 Å². The molecule has 0 unspecified atom stereocenters. The molecule has 14 heteroatoms. The van der Waals surface area contributed by atoms with Gasteiger partial charge in [-0.15, -0.1) is 0 Å². The predicted octanol–water partition coefficient (Wildman–Crippen LogP) is 7.17. The van der Waals surface area contributed by atoms with E-state index < -0.39 is 26.4 Å². The summed E-state index contributed by atoms with van der Waals surface area (Å²) < 4.78 is 30.6. The predicted molar refractivity (Wildman–Crippen MR) is 173 cm³/mol. The van der Waals surface area contributed by atoms with Crippen LogP contribution in [0.3, 0.4) is 0 Å². The number of ether oxygens (including phenoxy) is 2. The number of carboxylic acid groups (broad SMARTS) is 1. The largest absolute Gasteiger partial charge is 0.465 e. The van der Waals surface area contributed by atoms with Gasteiger partial charge in [0.1, 0.15) is 40.8 Å². The molecule has 0 spiro atoms. The normalized spacial score (nSPS) is 17.3. The number of benzene rings is 2. The molecular formula is C31H35ClFN7O4Si. The summed E-state index contributed by atoms with van der Waals surface area (Å²) in [5.74, 6) is 1.87. The molecule has 1 aliphatic heterocycles. The Balaban J connectivity index is 1.22. The molecule has 1 aliphatic rings. The molecule has 5 aromatic rings. The third-order valence-electron chi connectivity index (χ3n) is 7.99. The monoisotopic (exact) mass is 651 g/mol. The standard InChI is InChI=1S/C31H35ClFN7O4Si/c1-19-36-23-6-5-21(13-27(23)39(19)18-43-11-12-45(2,3)4)44-28-8-7-24-30(29(28)32)37-25(15-34-24)20-14-35-40(16-20)26-9-10-38(31(41)42)17-22(26)33/h5-8,13-16,22,26H,9-12,17-18H2,1-4H3,(H,41,42)/t22-,26-/m0/s1. The number of piperidine rings is 1. The van der Waals surface area contributed by atoms with E-state index in [0.717, 1.165) is 27.8 Å². The van der Waals surface area contributed by atoms with Crippen molar-refractivity contribution in [1.82, 2.24) is 34.2 Å². The molecule has 2 aromatic carbocycles. The van der Waals surface area contributed by atoms with Gasteiger partial charge in [0.15, 0.2) is 0 Å². The Morgan fingerprint density at radius 2 is 1.96 bits per heavy atom. The van der Waals surface area contributed by atoms with E-state index in [4.69, 9.17) is 26.1 Å². The summed E-state index contributed by atoms with van der Waals surface area (Å²) in [6.07, 6.45) is 2.74. The molecule has 45 heavy (non-hydrogen) atoms. The van der Waals surface area contributed by atoms with Crippen LogP contribution in [0.2, 0.25) is 30.7 Å². The van der Waals surface area contributed by atoms with Crippen molar-refractivity contribution < 1.29 is 23.8 Å². The second-order valence-electron chi connectivity index (χ2n) is 12.5. The van der Waals surface area contributed by atoms with Gasteiger partial charge < -0.3 is 24.0 Å². The van der Waals surface area contributed by atoms with Crippen molar-refractivity contribution in [2.45, 2.75) is 58.0 Å². The zero-order chi connectivity index (χ0) is 31.9. The molecule has 1 fully saturated rings. The number of fused-ring (bicyclic) bond motifs is 2. The molecule has 0 radical (unpaired) electrons. The Morgan fingerprint density at radius 1 is 1.16 bits per heavy atom. The lowest BCUT2D eigenvalue weighted by molar-refractivity contribution is 0.0754. The Labute approximate surface area is 265 Å². The molecule has 3 aromatic heterocycles. The van der Waals surface area contributed by atoms with Gasteiger partial charge in [-0.3, -0.25) is 9.67 Å². The molecule has 236 valence electrons. The molecule has 0 bridgehead atoms. The number of aromatic nitrogens is 6. The topological polar surface area (TPSA) is 120 Å². The second kappa shape index (κ2) is 12.4. The number of halogens is 2. The number of rotatable bonds is 9. The minimum Gasteiger partial charge on any atom is -0.465 e. The number of hydrogen-bond acceptors (Lipinski definition) is 7. The number of imidazole rings is 1. The summed E-state index contributed by atoms with van der Waals surface area (Å²) >= 11 is 6.83. The van der Waals surface area contributed by atoms with Crippen molar-refractivity contribution in [2.24, 2.45) is 0 Å². The van der Waals surface area contributed by atoms with Crippen molar-refractivity contribution in [3.05, 3.63) is 59.8 Å². The Hall–Kier alpha value is -4.07. The van der Waals surface area contributed by atoms with E-state index >= 15 is 0 Å². The highest BCUT2D eigenvalue weighted by molar-refractivity contribution is 6.76. The number of hydrogen-bond donors (Lipinski definition) is 1. The lowest BCUT2D eigenvalue weighted by atomic mass is 10.0. The van der Waals surface area contributed by atoms with Gasteiger partial charge in [-0.1, -0.05) is 31.2 Å². The molecule has 1 saturated heterocycles. The lowest BCUT2D eigenvalue weighted by Gasteiger charge is -2.32. The summed E-state index contributed by atoms with van der Waals surface area (Å²) in [7, 11) is -1.19. The van der Waals surface area contributed by atoms with Crippen LogP contribution in [0, 0.1) is 6.92 Å². The van der Waals surface area contributed by atoms with E-state index in [9.17, 15) is 14.3 Å². The fourth-order valence-corrected chi connectivity index (χ4v) is 6.37. The highest BCUT2D eigenvalue weighted by Crippen LogP contribution is 2.36. The Morgan fingerprint density at radius 3 is 2.71 bits per heavy atom. The summed E-state index contributed by atoms with van der Waals surface area (Å²) in [6.45, 7) is 10.1. The summed E-state index contributed by atoms with van der Waals surface area (Å²) in [4.78, 5) is 26.3. The van der Waals surface area contributed by atoms with Gasteiger partial charge in [0, 0.05) is 39.1 Å². The van der Waals surface area contributed by atoms with Crippen LogP contribution in [0.15, 0.2) is 48.9 Å². The highest BCUT2D eigenvalue weighted by Gasteiger charge is 2.33. The first kappa shape index (κ1) is 30.9. The number of aryl methyl sites for hydroxylation is 1. The molecule has 0 aliphatic carbocycles. The average Bonchev–Trinajstić information content (AvgIpc) is 3.60. The van der Waals surface area contributed by atoms with Gasteiger partial charge in [0.05, 0.1) is 47.2 Å². The molecule has 1 amide bonds. The second-order valence-corrected chi connectivity index (χ2v) is 18.5. The fraction of sp³-hybridized carbons (Fsp3) is 0.387. The van der Waals surface area contributed by atoms with Crippen molar-refractivity contribution in [3.63, 3.8) is 0 Å². The zero-order valence-corrected chi connectivity index (χ0v) is 27.3. The first-order valence-corrected chi connectivity index (χ1v) is 18.9. The smallest absolute Gasteiger partial charge is 0.407 e. The fourth-order valence-electron chi connectivity index (χ4n) is 5.37. The van der Waals surface area contributed by atoms with Crippen molar-refractivity contribution in [3.8, 4) is 22.8 Å².